The standard InChI is InChI=1S/C9H12Cl2N2S/c10-8-3-6(9(11)14-8)4-13-7-1-2-12-5-7/h3,7,12-13H,1-2,4-5H2. The molecule has 14 heavy (non-hydrogen) atoms. The van der Waals surface area contributed by atoms with Crippen LogP contribution in [0, 0.1) is 0 Å². The van der Waals surface area contributed by atoms with Gasteiger partial charge < -0.3 is 10.6 Å². The van der Waals surface area contributed by atoms with Crippen molar-refractivity contribution in [3.8, 4) is 0 Å². The van der Waals surface area contributed by atoms with Crippen LogP contribution in [0.2, 0.25) is 8.67 Å². The van der Waals surface area contributed by atoms with Crippen LogP contribution in [0.25, 0.3) is 0 Å². The van der Waals surface area contributed by atoms with Crippen LogP contribution in [0.15, 0.2) is 6.07 Å². The molecule has 0 spiro atoms. The summed E-state index contributed by atoms with van der Waals surface area (Å²) >= 11 is 13.3. The normalized spacial score (nSPS) is 21.7. The van der Waals surface area contributed by atoms with E-state index in [1.807, 2.05) is 6.07 Å². The lowest BCUT2D eigenvalue weighted by Crippen LogP contribution is -2.30. The highest BCUT2D eigenvalue weighted by Crippen LogP contribution is 2.31. The van der Waals surface area contributed by atoms with Gasteiger partial charge in [-0.2, -0.15) is 0 Å². The average molecular weight is 251 g/mol. The zero-order valence-electron chi connectivity index (χ0n) is 7.65. The van der Waals surface area contributed by atoms with Crippen molar-refractivity contribution in [3.63, 3.8) is 0 Å². The van der Waals surface area contributed by atoms with Gasteiger partial charge in [0.25, 0.3) is 0 Å². The Bertz CT molecular complexity index is 308. The first-order valence-electron chi connectivity index (χ1n) is 4.63. The van der Waals surface area contributed by atoms with Crippen molar-refractivity contribution in [2.24, 2.45) is 0 Å². The summed E-state index contributed by atoms with van der Waals surface area (Å²) in [6.45, 7) is 2.97. The SMILES string of the molecule is Clc1cc(CNC2CCNC2)c(Cl)s1. The smallest absolute Gasteiger partial charge is 0.0989 e. The first kappa shape index (κ1) is 10.7. The van der Waals surface area contributed by atoms with Crippen molar-refractivity contribution in [2.75, 3.05) is 13.1 Å². The highest BCUT2D eigenvalue weighted by molar-refractivity contribution is 7.20. The van der Waals surface area contributed by atoms with Crippen LogP contribution < -0.4 is 10.6 Å². The molecule has 0 radical (unpaired) electrons. The van der Waals surface area contributed by atoms with Gasteiger partial charge in [0.1, 0.15) is 0 Å². The number of nitrogens with one attached hydrogen (secondary N) is 2. The molecule has 1 unspecified atom stereocenters. The lowest BCUT2D eigenvalue weighted by molar-refractivity contribution is 0.548. The van der Waals surface area contributed by atoms with Crippen LogP contribution in [0.4, 0.5) is 0 Å². The fourth-order valence-electron chi connectivity index (χ4n) is 1.58. The Morgan fingerprint density at radius 2 is 2.43 bits per heavy atom. The molecule has 5 heteroatoms. The van der Waals surface area contributed by atoms with Gasteiger partial charge >= 0.3 is 0 Å². The van der Waals surface area contributed by atoms with Crippen LogP contribution in [0.3, 0.4) is 0 Å². The molecule has 0 amide bonds. The van der Waals surface area contributed by atoms with E-state index in [1.54, 1.807) is 0 Å². The summed E-state index contributed by atoms with van der Waals surface area (Å²) in [5, 5.41) is 6.76. The summed E-state index contributed by atoms with van der Waals surface area (Å²) in [7, 11) is 0. The zero-order valence-corrected chi connectivity index (χ0v) is 9.98. The van der Waals surface area contributed by atoms with E-state index >= 15 is 0 Å². The monoisotopic (exact) mass is 250 g/mol. The maximum Gasteiger partial charge on any atom is 0.0989 e. The summed E-state index contributed by atoms with van der Waals surface area (Å²) in [5.74, 6) is 0. The van der Waals surface area contributed by atoms with Gasteiger partial charge in [-0.3, -0.25) is 0 Å². The lowest BCUT2D eigenvalue weighted by atomic mass is 10.2. The molecule has 1 saturated heterocycles. The molecular weight excluding hydrogens is 239 g/mol. The molecule has 0 aromatic carbocycles. The first-order valence-corrected chi connectivity index (χ1v) is 6.21. The van der Waals surface area contributed by atoms with Crippen LogP contribution in [0.5, 0.6) is 0 Å². The third kappa shape index (κ3) is 2.61. The van der Waals surface area contributed by atoms with E-state index in [4.69, 9.17) is 23.2 Å². The largest absolute Gasteiger partial charge is 0.315 e. The van der Waals surface area contributed by atoms with Gasteiger partial charge in [-0.25, -0.2) is 0 Å². The van der Waals surface area contributed by atoms with Crippen molar-refractivity contribution >= 4 is 34.5 Å². The van der Waals surface area contributed by atoms with Gasteiger partial charge in [-0.05, 0) is 24.6 Å². The van der Waals surface area contributed by atoms with Crippen molar-refractivity contribution in [1.82, 2.24) is 10.6 Å². The molecule has 0 saturated carbocycles. The first-order chi connectivity index (χ1) is 6.75. The van der Waals surface area contributed by atoms with Gasteiger partial charge in [0, 0.05) is 19.1 Å². The van der Waals surface area contributed by atoms with E-state index < -0.39 is 0 Å². The van der Waals surface area contributed by atoms with Crippen LogP contribution in [-0.2, 0) is 6.54 Å². The molecular formula is C9H12Cl2N2S. The maximum absolute atomic E-state index is 6.01. The number of rotatable bonds is 3. The number of halogens is 2. The fourth-order valence-corrected chi connectivity index (χ4v) is 3.06. The highest BCUT2D eigenvalue weighted by atomic mass is 35.5. The molecule has 2 N–H and O–H groups in total. The topological polar surface area (TPSA) is 24.1 Å². The second kappa shape index (κ2) is 4.81. The van der Waals surface area contributed by atoms with Gasteiger partial charge in [0.15, 0.2) is 0 Å². The number of hydrogen-bond donors (Lipinski definition) is 2. The molecule has 1 aliphatic heterocycles. The Morgan fingerprint density at radius 3 is 3.00 bits per heavy atom. The van der Waals surface area contributed by atoms with Crippen molar-refractivity contribution in [2.45, 2.75) is 19.0 Å². The molecule has 1 aromatic rings. The average Bonchev–Trinajstić information content (AvgIpc) is 2.72. The number of thiophene rings is 1. The van der Waals surface area contributed by atoms with Gasteiger partial charge in [0.2, 0.25) is 0 Å². The molecule has 0 bridgehead atoms. The Morgan fingerprint density at radius 1 is 1.57 bits per heavy atom. The van der Waals surface area contributed by atoms with E-state index in [9.17, 15) is 0 Å². The molecule has 1 atom stereocenters. The summed E-state index contributed by atoms with van der Waals surface area (Å²) in [4.78, 5) is 0. The van der Waals surface area contributed by atoms with E-state index in [0.29, 0.717) is 6.04 Å². The second-order valence-electron chi connectivity index (χ2n) is 3.42. The summed E-state index contributed by atoms with van der Waals surface area (Å²) in [6.07, 6.45) is 1.19. The molecule has 2 nitrogen and oxygen atoms in total. The molecule has 1 aromatic heterocycles. The van der Waals surface area contributed by atoms with E-state index in [2.05, 4.69) is 10.6 Å². The summed E-state index contributed by atoms with van der Waals surface area (Å²) in [6, 6.07) is 2.51. The third-order valence-electron chi connectivity index (χ3n) is 2.37. The maximum atomic E-state index is 6.01. The Labute approximate surface area is 97.6 Å². The quantitative estimate of drug-likeness (QED) is 0.862. The molecule has 1 aliphatic rings. The second-order valence-corrected chi connectivity index (χ2v) is 5.71. The van der Waals surface area contributed by atoms with Gasteiger partial charge in [-0.1, -0.05) is 23.2 Å². The fraction of sp³-hybridized carbons (Fsp3) is 0.556. The minimum atomic E-state index is 0.574. The van der Waals surface area contributed by atoms with E-state index in [-0.39, 0.29) is 0 Å². The predicted molar refractivity (Wildman–Crippen MR) is 62.5 cm³/mol. The van der Waals surface area contributed by atoms with Crippen molar-refractivity contribution in [3.05, 3.63) is 20.3 Å². The molecule has 0 aliphatic carbocycles. The van der Waals surface area contributed by atoms with Gasteiger partial charge in [0.05, 0.1) is 8.67 Å². The van der Waals surface area contributed by atoms with E-state index in [1.165, 1.54) is 17.8 Å². The number of hydrogen-bond acceptors (Lipinski definition) is 3. The molecule has 78 valence electrons. The summed E-state index contributed by atoms with van der Waals surface area (Å²) in [5.41, 5.74) is 1.11. The minimum Gasteiger partial charge on any atom is -0.315 e. The van der Waals surface area contributed by atoms with Crippen molar-refractivity contribution < 1.29 is 0 Å². The minimum absolute atomic E-state index is 0.574. The molecule has 2 heterocycles. The van der Waals surface area contributed by atoms with Crippen LogP contribution in [0.1, 0.15) is 12.0 Å². The van der Waals surface area contributed by atoms with E-state index in [0.717, 1.165) is 33.9 Å². The molecule has 2 rings (SSSR count). The predicted octanol–water partition coefficient (Wildman–Crippen LogP) is 2.51. The molecule has 1 fully saturated rings. The van der Waals surface area contributed by atoms with Gasteiger partial charge in [-0.15, -0.1) is 11.3 Å². The zero-order chi connectivity index (χ0) is 9.97. The van der Waals surface area contributed by atoms with Crippen LogP contribution in [-0.4, -0.2) is 19.1 Å². The Kier molecular flexibility index (Phi) is 3.68. The van der Waals surface area contributed by atoms with Crippen LogP contribution >= 0.6 is 34.5 Å². The lowest BCUT2D eigenvalue weighted by Gasteiger charge is -2.09. The third-order valence-corrected chi connectivity index (χ3v) is 3.94. The Hall–Kier alpha value is 0.200. The highest BCUT2D eigenvalue weighted by Gasteiger charge is 2.14. The Balaban J connectivity index is 1.87. The summed E-state index contributed by atoms with van der Waals surface area (Å²) < 4.78 is 1.56. The van der Waals surface area contributed by atoms with Crippen molar-refractivity contribution in [1.29, 1.82) is 0 Å².